The zero-order valence-corrected chi connectivity index (χ0v) is 24.1. The van der Waals surface area contributed by atoms with E-state index in [0.717, 1.165) is 41.7 Å². The summed E-state index contributed by atoms with van der Waals surface area (Å²) < 4.78 is 23.6. The van der Waals surface area contributed by atoms with Gasteiger partial charge in [-0.05, 0) is 73.2 Å². The van der Waals surface area contributed by atoms with Gasteiger partial charge in [-0.3, -0.25) is 9.48 Å². The summed E-state index contributed by atoms with van der Waals surface area (Å²) in [5.41, 5.74) is 4.01. The van der Waals surface area contributed by atoms with E-state index in [9.17, 15) is 4.79 Å². The molecule has 1 aromatic heterocycles. The summed E-state index contributed by atoms with van der Waals surface area (Å²) >= 11 is 6.47. The second kappa shape index (κ2) is 11.6. The molecule has 0 radical (unpaired) electrons. The smallest absolute Gasteiger partial charge is 0.296 e. The van der Waals surface area contributed by atoms with Crippen molar-refractivity contribution in [3.05, 3.63) is 70.0 Å². The number of allylic oxidation sites excluding steroid dienone is 1. The Kier molecular flexibility index (Phi) is 8.02. The molecule has 2 aliphatic rings. The molecule has 210 valence electrons. The van der Waals surface area contributed by atoms with Crippen molar-refractivity contribution in [1.82, 2.24) is 14.8 Å². The van der Waals surface area contributed by atoms with Crippen molar-refractivity contribution >= 4 is 29.3 Å². The number of ether oxygens (including phenoxy) is 4. The number of amides is 1. The number of halogens is 1. The molecule has 2 unspecified atom stereocenters. The van der Waals surface area contributed by atoms with Crippen LogP contribution in [0.15, 0.2) is 53.3 Å². The van der Waals surface area contributed by atoms with Crippen LogP contribution in [0.2, 0.25) is 5.02 Å². The third-order valence-electron chi connectivity index (χ3n) is 7.45. The maximum atomic E-state index is 14.0. The minimum Gasteiger partial charge on any atom is -0.493 e. The first-order chi connectivity index (χ1) is 19.4. The lowest BCUT2D eigenvalue weighted by molar-refractivity contribution is 0.0673. The molecule has 1 amide bonds. The number of rotatable bonds is 8. The molecular weight excluding hydrogens is 532 g/mol. The third-order valence-corrected chi connectivity index (χ3v) is 7.73. The maximum absolute atomic E-state index is 14.0. The fourth-order valence-corrected chi connectivity index (χ4v) is 5.73. The van der Waals surface area contributed by atoms with E-state index in [2.05, 4.69) is 11.2 Å². The van der Waals surface area contributed by atoms with Crippen molar-refractivity contribution in [2.75, 3.05) is 28.4 Å². The molecule has 2 heterocycles. The Morgan fingerprint density at radius 2 is 1.68 bits per heavy atom. The highest BCUT2D eigenvalue weighted by atomic mass is 35.5. The van der Waals surface area contributed by atoms with E-state index in [0.29, 0.717) is 34.6 Å². The summed E-state index contributed by atoms with van der Waals surface area (Å²) in [6.07, 6.45) is 6.46. The lowest BCUT2D eigenvalue weighted by Gasteiger charge is -2.29. The van der Waals surface area contributed by atoms with E-state index in [1.165, 1.54) is 0 Å². The number of fused-ring (bicyclic) bond motifs is 1. The SMILES string of the molecule is CCn1cc(Cl)c(C(=O)N2N=C3/C(=C\c4ccc(OC)c(OC)c4)CCCC3C2c2ccc(OC)c(OC)c2)n1. The Bertz CT molecular complexity index is 1480. The van der Waals surface area contributed by atoms with Crippen molar-refractivity contribution in [2.24, 2.45) is 11.0 Å². The van der Waals surface area contributed by atoms with Crippen molar-refractivity contribution in [3.8, 4) is 23.0 Å². The van der Waals surface area contributed by atoms with Gasteiger partial charge in [0, 0.05) is 18.7 Å². The maximum Gasteiger partial charge on any atom is 0.296 e. The molecule has 40 heavy (non-hydrogen) atoms. The van der Waals surface area contributed by atoms with Crippen LogP contribution in [0.1, 0.15) is 53.8 Å². The van der Waals surface area contributed by atoms with Gasteiger partial charge in [0.05, 0.1) is 45.2 Å². The van der Waals surface area contributed by atoms with Gasteiger partial charge < -0.3 is 18.9 Å². The first-order valence-electron chi connectivity index (χ1n) is 13.2. The number of nitrogens with zero attached hydrogens (tertiary/aromatic N) is 4. The number of aryl methyl sites for hydroxylation is 1. The Morgan fingerprint density at radius 3 is 2.33 bits per heavy atom. The molecule has 2 atom stereocenters. The molecule has 1 aliphatic heterocycles. The Balaban J connectivity index is 1.60. The fraction of sp³-hybridized carbons (Fsp3) is 0.367. The summed E-state index contributed by atoms with van der Waals surface area (Å²) in [6.45, 7) is 2.54. The van der Waals surface area contributed by atoms with Crippen LogP contribution in [0.4, 0.5) is 0 Å². The summed E-state index contributed by atoms with van der Waals surface area (Å²) in [7, 11) is 6.44. The lowest BCUT2D eigenvalue weighted by atomic mass is 9.77. The highest BCUT2D eigenvalue weighted by Crippen LogP contribution is 2.46. The average Bonchev–Trinajstić information content (AvgIpc) is 3.57. The van der Waals surface area contributed by atoms with Crippen LogP contribution in [-0.4, -0.2) is 54.8 Å². The Labute approximate surface area is 238 Å². The predicted molar refractivity (Wildman–Crippen MR) is 154 cm³/mol. The molecule has 1 aliphatic carbocycles. The standard InChI is InChI=1S/C30H33ClN4O5/c1-6-34-17-22(31)28(32-34)30(36)35-29(20-11-13-24(38-3)26(16-20)40-5)21-9-7-8-19(27(21)33-35)14-18-10-12-23(37-2)25(15-18)39-4/h10-17,21,29H,6-9H2,1-5H3/b19-14-. The third kappa shape index (κ3) is 5.01. The average molecular weight is 565 g/mol. The van der Waals surface area contributed by atoms with Gasteiger partial charge in [-0.1, -0.05) is 23.7 Å². The zero-order valence-electron chi connectivity index (χ0n) is 23.3. The van der Waals surface area contributed by atoms with Crippen LogP contribution in [0.25, 0.3) is 6.08 Å². The summed E-state index contributed by atoms with van der Waals surface area (Å²) in [5, 5.41) is 11.3. The minimum atomic E-state index is -0.362. The highest BCUT2D eigenvalue weighted by molar-refractivity contribution is 6.33. The largest absolute Gasteiger partial charge is 0.493 e. The van der Waals surface area contributed by atoms with Crippen LogP contribution in [0, 0.1) is 5.92 Å². The van der Waals surface area contributed by atoms with Crippen LogP contribution >= 0.6 is 11.6 Å². The molecule has 3 aromatic rings. The van der Waals surface area contributed by atoms with Crippen molar-refractivity contribution in [2.45, 2.75) is 38.8 Å². The van der Waals surface area contributed by atoms with Gasteiger partial charge in [0.1, 0.15) is 0 Å². The van der Waals surface area contributed by atoms with Crippen molar-refractivity contribution in [3.63, 3.8) is 0 Å². The predicted octanol–water partition coefficient (Wildman–Crippen LogP) is 6.03. The van der Waals surface area contributed by atoms with Gasteiger partial charge in [0.15, 0.2) is 28.7 Å². The monoisotopic (exact) mass is 564 g/mol. The van der Waals surface area contributed by atoms with E-state index < -0.39 is 0 Å². The molecule has 1 saturated carbocycles. The summed E-state index contributed by atoms with van der Waals surface area (Å²) in [5.74, 6) is 2.16. The van der Waals surface area contributed by atoms with Gasteiger partial charge >= 0.3 is 0 Å². The minimum absolute atomic E-state index is 0.0192. The van der Waals surface area contributed by atoms with E-state index in [1.54, 1.807) is 44.3 Å². The second-order valence-corrected chi connectivity index (χ2v) is 10.1. The van der Waals surface area contributed by atoms with Gasteiger partial charge in [-0.25, -0.2) is 5.01 Å². The summed E-state index contributed by atoms with van der Waals surface area (Å²) in [4.78, 5) is 14.0. The molecule has 0 saturated heterocycles. The van der Waals surface area contributed by atoms with E-state index in [1.807, 2.05) is 43.3 Å². The molecule has 2 aromatic carbocycles. The van der Waals surface area contributed by atoms with E-state index >= 15 is 0 Å². The number of benzene rings is 2. The molecule has 0 spiro atoms. The number of methoxy groups -OCH3 is 4. The number of carbonyl (C=O) groups excluding carboxylic acids is 1. The molecule has 5 rings (SSSR count). The number of hydrogen-bond acceptors (Lipinski definition) is 7. The second-order valence-electron chi connectivity index (χ2n) is 9.66. The Morgan fingerprint density at radius 1 is 1.00 bits per heavy atom. The van der Waals surface area contributed by atoms with Crippen LogP contribution in [0.3, 0.4) is 0 Å². The molecular formula is C30H33ClN4O5. The van der Waals surface area contributed by atoms with E-state index in [4.69, 9.17) is 35.6 Å². The first kappa shape index (κ1) is 27.6. The molecule has 1 fully saturated rings. The van der Waals surface area contributed by atoms with Gasteiger partial charge in [0.2, 0.25) is 0 Å². The van der Waals surface area contributed by atoms with E-state index in [-0.39, 0.29) is 23.6 Å². The molecule has 10 heteroatoms. The summed E-state index contributed by atoms with van der Waals surface area (Å²) in [6, 6.07) is 11.2. The van der Waals surface area contributed by atoms with Gasteiger partial charge in [0.25, 0.3) is 5.91 Å². The quantitative estimate of drug-likeness (QED) is 0.332. The highest BCUT2D eigenvalue weighted by Gasteiger charge is 2.45. The normalized spacial score (nSPS) is 19.3. The van der Waals surface area contributed by atoms with Gasteiger partial charge in [-0.2, -0.15) is 10.2 Å². The fourth-order valence-electron chi connectivity index (χ4n) is 5.49. The lowest BCUT2D eigenvalue weighted by Crippen LogP contribution is -2.32. The molecule has 0 bridgehead atoms. The van der Waals surface area contributed by atoms with Crippen LogP contribution in [0.5, 0.6) is 23.0 Å². The van der Waals surface area contributed by atoms with Crippen molar-refractivity contribution in [1.29, 1.82) is 0 Å². The topological polar surface area (TPSA) is 87.4 Å². The first-order valence-corrected chi connectivity index (χ1v) is 13.6. The number of hydrazone groups is 1. The Hall–Kier alpha value is -3.98. The number of carbonyl (C=O) groups is 1. The number of aromatic nitrogens is 2. The van der Waals surface area contributed by atoms with Gasteiger partial charge in [-0.15, -0.1) is 0 Å². The van der Waals surface area contributed by atoms with Crippen LogP contribution in [-0.2, 0) is 6.54 Å². The zero-order chi connectivity index (χ0) is 28.4. The van der Waals surface area contributed by atoms with Crippen LogP contribution < -0.4 is 18.9 Å². The number of hydrogen-bond donors (Lipinski definition) is 0. The van der Waals surface area contributed by atoms with Crippen molar-refractivity contribution < 1.29 is 23.7 Å². The molecule has 9 nitrogen and oxygen atoms in total. The molecule has 0 N–H and O–H groups in total.